The molecular formula is C19H28N2O. The molecular weight excluding hydrogens is 272 g/mol. The Balaban J connectivity index is 1.94. The van der Waals surface area contributed by atoms with E-state index in [0.717, 1.165) is 31.5 Å². The Labute approximate surface area is 134 Å². The van der Waals surface area contributed by atoms with Crippen LogP contribution in [0.4, 0.5) is 0 Å². The number of hydrogen-bond acceptors (Lipinski definition) is 3. The van der Waals surface area contributed by atoms with Gasteiger partial charge < -0.3 is 0 Å². The summed E-state index contributed by atoms with van der Waals surface area (Å²) in [5, 5.41) is 0. The summed E-state index contributed by atoms with van der Waals surface area (Å²) in [5.74, 6) is 1.83. The summed E-state index contributed by atoms with van der Waals surface area (Å²) in [7, 11) is 0. The van der Waals surface area contributed by atoms with E-state index in [9.17, 15) is 4.79 Å². The summed E-state index contributed by atoms with van der Waals surface area (Å²) in [4.78, 5) is 19.8. The van der Waals surface area contributed by atoms with Crippen molar-refractivity contribution >= 4 is 5.78 Å². The zero-order valence-corrected chi connectivity index (χ0v) is 14.2. The summed E-state index contributed by atoms with van der Waals surface area (Å²) in [6.07, 6.45) is 4.67. The van der Waals surface area contributed by atoms with Gasteiger partial charge in [-0.05, 0) is 36.8 Å². The second-order valence-corrected chi connectivity index (χ2v) is 7.63. The zero-order chi connectivity index (χ0) is 15.9. The molecule has 0 radical (unpaired) electrons. The van der Waals surface area contributed by atoms with Gasteiger partial charge >= 0.3 is 0 Å². The van der Waals surface area contributed by atoms with E-state index in [4.69, 9.17) is 0 Å². The zero-order valence-electron chi connectivity index (χ0n) is 14.2. The highest BCUT2D eigenvalue weighted by atomic mass is 16.1. The number of carbonyl (C=O) groups is 1. The summed E-state index contributed by atoms with van der Waals surface area (Å²) in [6.45, 7) is 10.3. The smallest absolute Gasteiger partial charge is 0.153 e. The maximum absolute atomic E-state index is 12.9. The number of rotatable bonds is 4. The molecule has 1 aromatic heterocycles. The third-order valence-electron chi connectivity index (χ3n) is 6.06. The molecule has 3 heteroatoms. The fraction of sp³-hybridized carbons (Fsp3) is 0.684. The Kier molecular flexibility index (Phi) is 4.11. The van der Waals surface area contributed by atoms with E-state index < -0.39 is 0 Å². The van der Waals surface area contributed by atoms with Gasteiger partial charge in [-0.2, -0.15) is 0 Å². The average molecular weight is 300 g/mol. The van der Waals surface area contributed by atoms with Crippen molar-refractivity contribution in [2.45, 2.75) is 58.5 Å². The maximum Gasteiger partial charge on any atom is 0.153 e. The number of Topliss-reactive ketones (excluding diaryl/α,β-unsaturated/α-hetero) is 1. The van der Waals surface area contributed by atoms with Crippen LogP contribution in [0.3, 0.4) is 0 Å². The standard InChI is InChI=1S/C19H28N2O/c1-13(2)19(14(3)4)12-15-8-10-21(19)17(18(15)22)11-16-7-5-6-9-20-16/h5-7,9,13-15,17H,8,10-12H2,1-4H3. The molecule has 22 heavy (non-hydrogen) atoms. The van der Waals surface area contributed by atoms with Crippen molar-refractivity contribution in [2.24, 2.45) is 17.8 Å². The largest absolute Gasteiger partial charge is 0.298 e. The SMILES string of the molecule is CC(C)C1(C(C)C)CC2CCN1C(Cc1ccccn1)C2=O. The molecule has 0 aromatic carbocycles. The molecule has 0 amide bonds. The fourth-order valence-corrected chi connectivity index (χ4v) is 4.96. The first kappa shape index (κ1) is 15.7. The lowest BCUT2D eigenvalue weighted by Crippen LogP contribution is -2.71. The van der Waals surface area contributed by atoms with Crippen molar-refractivity contribution in [1.82, 2.24) is 9.88 Å². The van der Waals surface area contributed by atoms with E-state index in [0.29, 0.717) is 17.6 Å². The summed E-state index contributed by atoms with van der Waals surface area (Å²) in [5.41, 5.74) is 1.20. The van der Waals surface area contributed by atoms with Gasteiger partial charge in [-0.3, -0.25) is 14.7 Å². The van der Waals surface area contributed by atoms with Crippen LogP contribution in [0.15, 0.2) is 24.4 Å². The number of piperidine rings is 3. The van der Waals surface area contributed by atoms with Crippen LogP contribution < -0.4 is 0 Å². The number of ketones is 1. The first-order chi connectivity index (χ1) is 10.5. The van der Waals surface area contributed by atoms with Gasteiger partial charge in [0.25, 0.3) is 0 Å². The second-order valence-electron chi connectivity index (χ2n) is 7.63. The van der Waals surface area contributed by atoms with Gasteiger partial charge in [-0.1, -0.05) is 33.8 Å². The Morgan fingerprint density at radius 3 is 2.59 bits per heavy atom. The van der Waals surface area contributed by atoms with Crippen molar-refractivity contribution in [1.29, 1.82) is 0 Å². The summed E-state index contributed by atoms with van der Waals surface area (Å²) < 4.78 is 0. The predicted molar refractivity (Wildman–Crippen MR) is 88.6 cm³/mol. The van der Waals surface area contributed by atoms with Crippen molar-refractivity contribution in [3.63, 3.8) is 0 Å². The molecule has 3 atom stereocenters. The Morgan fingerprint density at radius 2 is 2.00 bits per heavy atom. The molecule has 3 saturated heterocycles. The minimum Gasteiger partial charge on any atom is -0.298 e. The Bertz CT molecular complexity index is 530. The van der Waals surface area contributed by atoms with Crippen LogP contribution in [0.1, 0.15) is 46.2 Å². The Morgan fingerprint density at radius 1 is 1.27 bits per heavy atom. The molecule has 3 aliphatic rings. The molecule has 3 fully saturated rings. The van der Waals surface area contributed by atoms with Crippen molar-refractivity contribution in [3.8, 4) is 0 Å². The van der Waals surface area contributed by atoms with Gasteiger partial charge in [0.15, 0.2) is 5.78 Å². The fourth-order valence-electron chi connectivity index (χ4n) is 4.96. The Hall–Kier alpha value is -1.22. The number of aromatic nitrogens is 1. The topological polar surface area (TPSA) is 33.2 Å². The molecule has 3 nitrogen and oxygen atoms in total. The van der Waals surface area contributed by atoms with Crippen LogP contribution in [-0.2, 0) is 11.2 Å². The molecule has 0 spiro atoms. The summed E-state index contributed by atoms with van der Waals surface area (Å²) >= 11 is 0. The van der Waals surface area contributed by atoms with E-state index in [-0.39, 0.29) is 17.5 Å². The first-order valence-electron chi connectivity index (χ1n) is 8.67. The van der Waals surface area contributed by atoms with Gasteiger partial charge in [-0.15, -0.1) is 0 Å². The van der Waals surface area contributed by atoms with Crippen LogP contribution in [0.2, 0.25) is 0 Å². The molecule has 2 bridgehead atoms. The van der Waals surface area contributed by atoms with Gasteiger partial charge in [-0.25, -0.2) is 0 Å². The molecule has 0 saturated carbocycles. The van der Waals surface area contributed by atoms with Crippen LogP contribution in [0.5, 0.6) is 0 Å². The highest BCUT2D eigenvalue weighted by molar-refractivity contribution is 5.88. The molecule has 3 unspecified atom stereocenters. The predicted octanol–water partition coefficient (Wildman–Crippen LogP) is 3.34. The number of nitrogens with zero attached hydrogens (tertiary/aromatic N) is 2. The van der Waals surface area contributed by atoms with E-state index in [2.05, 4.69) is 37.6 Å². The molecule has 120 valence electrons. The normalized spacial score (nSPS) is 30.3. The van der Waals surface area contributed by atoms with Crippen LogP contribution in [0, 0.1) is 17.8 Å². The molecule has 4 heterocycles. The van der Waals surface area contributed by atoms with E-state index in [1.165, 1.54) is 0 Å². The van der Waals surface area contributed by atoms with Crippen LogP contribution >= 0.6 is 0 Å². The third kappa shape index (κ3) is 2.30. The highest BCUT2D eigenvalue weighted by Crippen LogP contribution is 2.48. The minimum absolute atomic E-state index is 0.0206. The molecule has 3 aliphatic heterocycles. The molecule has 1 aromatic rings. The minimum atomic E-state index is 0.0206. The summed E-state index contributed by atoms with van der Waals surface area (Å²) in [6, 6.07) is 6.02. The van der Waals surface area contributed by atoms with Crippen molar-refractivity contribution in [2.75, 3.05) is 6.54 Å². The number of carbonyl (C=O) groups excluding carboxylic acids is 1. The second kappa shape index (κ2) is 5.77. The first-order valence-corrected chi connectivity index (χ1v) is 8.67. The molecule has 4 rings (SSSR count). The van der Waals surface area contributed by atoms with Gasteiger partial charge in [0.1, 0.15) is 0 Å². The maximum atomic E-state index is 12.9. The van der Waals surface area contributed by atoms with Crippen molar-refractivity contribution < 1.29 is 4.79 Å². The van der Waals surface area contributed by atoms with E-state index in [1.807, 2.05) is 24.4 Å². The van der Waals surface area contributed by atoms with Crippen LogP contribution in [0.25, 0.3) is 0 Å². The number of pyridine rings is 1. The monoisotopic (exact) mass is 300 g/mol. The third-order valence-corrected chi connectivity index (χ3v) is 6.06. The number of hydrogen-bond donors (Lipinski definition) is 0. The lowest BCUT2D eigenvalue weighted by Gasteiger charge is -2.61. The lowest BCUT2D eigenvalue weighted by atomic mass is 9.61. The quantitative estimate of drug-likeness (QED) is 0.855. The highest BCUT2D eigenvalue weighted by Gasteiger charge is 2.56. The molecule has 0 aliphatic carbocycles. The molecule has 0 N–H and O–H groups in total. The van der Waals surface area contributed by atoms with Gasteiger partial charge in [0.05, 0.1) is 6.04 Å². The van der Waals surface area contributed by atoms with Gasteiger partial charge in [0.2, 0.25) is 0 Å². The van der Waals surface area contributed by atoms with E-state index in [1.54, 1.807) is 0 Å². The number of fused-ring (bicyclic) bond motifs is 3. The van der Waals surface area contributed by atoms with Gasteiger partial charge in [0, 0.05) is 36.3 Å². The average Bonchev–Trinajstić information content (AvgIpc) is 2.51. The van der Waals surface area contributed by atoms with Crippen molar-refractivity contribution in [3.05, 3.63) is 30.1 Å². The lowest BCUT2D eigenvalue weighted by molar-refractivity contribution is -0.160. The van der Waals surface area contributed by atoms with Crippen LogP contribution in [-0.4, -0.2) is 33.8 Å². The van der Waals surface area contributed by atoms with E-state index >= 15 is 0 Å².